The van der Waals surface area contributed by atoms with E-state index in [0.29, 0.717) is 0 Å². The molecule has 2 aromatic rings. The van der Waals surface area contributed by atoms with Crippen molar-refractivity contribution in [1.29, 1.82) is 5.26 Å². The van der Waals surface area contributed by atoms with E-state index >= 15 is 0 Å². The summed E-state index contributed by atoms with van der Waals surface area (Å²) in [5.41, 5.74) is 0.187. The maximum Gasteiger partial charge on any atom is 0.218 e. The highest BCUT2D eigenvalue weighted by Crippen LogP contribution is 2.30. The fourth-order valence-electron chi connectivity index (χ4n) is 1.90. The zero-order valence-electron chi connectivity index (χ0n) is 12.3. The van der Waals surface area contributed by atoms with Crippen LogP contribution in [0.5, 0.6) is 5.75 Å². The molecule has 0 aliphatic carbocycles. The van der Waals surface area contributed by atoms with Crippen LogP contribution in [0.3, 0.4) is 0 Å². The van der Waals surface area contributed by atoms with Gasteiger partial charge in [-0.3, -0.25) is 0 Å². The topological polar surface area (TPSA) is 67.2 Å². The highest BCUT2D eigenvalue weighted by atomic mass is 35.5. The number of hydrogen-bond acceptors (Lipinski definition) is 4. The van der Waals surface area contributed by atoms with Crippen LogP contribution < -0.4 is 4.74 Å². The number of rotatable bonds is 4. The zero-order chi connectivity index (χ0) is 17.9. The van der Waals surface area contributed by atoms with Crippen LogP contribution in [0.15, 0.2) is 46.2 Å². The number of halogens is 3. The Morgan fingerprint density at radius 2 is 1.96 bits per heavy atom. The lowest BCUT2D eigenvalue weighted by Gasteiger charge is -2.07. The Labute approximate surface area is 148 Å². The van der Waals surface area contributed by atoms with Crippen LogP contribution in [-0.2, 0) is 9.84 Å². The summed E-state index contributed by atoms with van der Waals surface area (Å²) < 4.78 is 43.7. The molecule has 0 radical (unpaired) electrons. The highest BCUT2D eigenvalue weighted by molar-refractivity contribution is 7.95. The Morgan fingerprint density at radius 3 is 2.54 bits per heavy atom. The van der Waals surface area contributed by atoms with Crippen LogP contribution in [0.4, 0.5) is 4.39 Å². The van der Waals surface area contributed by atoms with Crippen molar-refractivity contribution in [3.05, 3.63) is 62.7 Å². The first-order valence-electron chi connectivity index (χ1n) is 6.45. The van der Waals surface area contributed by atoms with Crippen molar-refractivity contribution >= 4 is 39.1 Å². The third-order valence-corrected chi connectivity index (χ3v) is 5.44. The molecule has 0 fully saturated rings. The van der Waals surface area contributed by atoms with Gasteiger partial charge in [-0.1, -0.05) is 29.3 Å². The van der Waals surface area contributed by atoms with E-state index in [2.05, 4.69) is 0 Å². The van der Waals surface area contributed by atoms with Gasteiger partial charge in [0.2, 0.25) is 9.84 Å². The van der Waals surface area contributed by atoms with Crippen molar-refractivity contribution in [1.82, 2.24) is 0 Å². The first-order valence-corrected chi connectivity index (χ1v) is 8.69. The first-order chi connectivity index (χ1) is 11.3. The molecular weight excluding hydrogens is 376 g/mol. The highest BCUT2D eigenvalue weighted by Gasteiger charge is 2.24. The van der Waals surface area contributed by atoms with Crippen molar-refractivity contribution < 1.29 is 17.5 Å². The van der Waals surface area contributed by atoms with Gasteiger partial charge in [-0.05, 0) is 42.0 Å². The monoisotopic (exact) mass is 385 g/mol. The number of nitrogens with zero attached hydrogens (tertiary/aromatic N) is 1. The van der Waals surface area contributed by atoms with Gasteiger partial charge in [-0.2, -0.15) is 5.26 Å². The van der Waals surface area contributed by atoms with Crippen molar-refractivity contribution in [3.63, 3.8) is 0 Å². The Balaban J connectivity index is 2.56. The fourth-order valence-corrected chi connectivity index (χ4v) is 3.81. The van der Waals surface area contributed by atoms with E-state index < -0.39 is 20.6 Å². The minimum atomic E-state index is -4.20. The molecule has 0 saturated heterocycles. The van der Waals surface area contributed by atoms with E-state index in [1.54, 1.807) is 6.07 Å². The van der Waals surface area contributed by atoms with Gasteiger partial charge in [0.15, 0.2) is 11.6 Å². The first kappa shape index (κ1) is 18.3. The van der Waals surface area contributed by atoms with Gasteiger partial charge >= 0.3 is 0 Å². The molecule has 8 heteroatoms. The molecule has 0 saturated carbocycles. The Kier molecular flexibility index (Phi) is 5.50. The third-order valence-electron chi connectivity index (χ3n) is 3.06. The van der Waals surface area contributed by atoms with Gasteiger partial charge < -0.3 is 4.74 Å². The van der Waals surface area contributed by atoms with Crippen LogP contribution >= 0.6 is 23.2 Å². The molecule has 0 atom stereocenters. The molecule has 0 aliphatic heterocycles. The third kappa shape index (κ3) is 3.70. The number of hydrogen-bond donors (Lipinski definition) is 0. The van der Waals surface area contributed by atoms with Crippen LogP contribution in [0.1, 0.15) is 5.56 Å². The van der Waals surface area contributed by atoms with Crippen LogP contribution in [-0.4, -0.2) is 15.5 Å². The summed E-state index contributed by atoms with van der Waals surface area (Å²) in [6.07, 6.45) is 1.05. The van der Waals surface area contributed by atoms with Crippen molar-refractivity contribution in [3.8, 4) is 11.8 Å². The van der Waals surface area contributed by atoms with Crippen molar-refractivity contribution in [2.24, 2.45) is 0 Å². The fraction of sp³-hybridized carbons (Fsp3) is 0.0625. The molecule has 124 valence electrons. The molecule has 0 heterocycles. The maximum atomic E-state index is 13.7. The average molecular weight is 386 g/mol. The standard InChI is InChI=1S/C16H10Cl2FNO3S/c1-23-15-5-2-10(7-14(15)19)6-12(9-20)24(21,22)16-8-11(17)3-4-13(16)18/h2-8H,1H3/b12-6+. The minimum Gasteiger partial charge on any atom is -0.494 e. The molecule has 0 aromatic heterocycles. The summed E-state index contributed by atoms with van der Waals surface area (Å²) in [6.45, 7) is 0. The zero-order valence-corrected chi connectivity index (χ0v) is 14.6. The quantitative estimate of drug-likeness (QED) is 0.727. The number of nitriles is 1. The van der Waals surface area contributed by atoms with Crippen LogP contribution in [0, 0.1) is 17.1 Å². The van der Waals surface area contributed by atoms with Gasteiger partial charge in [0.1, 0.15) is 11.0 Å². The summed E-state index contributed by atoms with van der Waals surface area (Å²) in [6, 6.07) is 9.31. The normalized spacial score (nSPS) is 11.9. The van der Waals surface area contributed by atoms with Gasteiger partial charge in [0.25, 0.3) is 0 Å². The maximum absolute atomic E-state index is 13.7. The van der Waals surface area contributed by atoms with E-state index in [-0.39, 0.29) is 26.3 Å². The Hall–Kier alpha value is -2.07. The van der Waals surface area contributed by atoms with Gasteiger partial charge in [-0.25, -0.2) is 12.8 Å². The number of ether oxygens (including phenoxy) is 1. The molecular formula is C16H10Cl2FNO3S. The van der Waals surface area contributed by atoms with Crippen LogP contribution in [0.2, 0.25) is 10.0 Å². The second kappa shape index (κ2) is 7.22. The molecule has 0 aliphatic rings. The number of methoxy groups -OCH3 is 1. The summed E-state index contributed by atoms with van der Waals surface area (Å²) in [5, 5.41) is 9.31. The van der Waals surface area contributed by atoms with E-state index in [4.69, 9.17) is 27.9 Å². The second-order valence-electron chi connectivity index (χ2n) is 4.59. The van der Waals surface area contributed by atoms with Crippen molar-refractivity contribution in [2.45, 2.75) is 4.90 Å². The van der Waals surface area contributed by atoms with E-state index in [1.807, 2.05) is 0 Å². The Morgan fingerprint density at radius 1 is 1.25 bits per heavy atom. The van der Waals surface area contributed by atoms with E-state index in [9.17, 15) is 18.1 Å². The average Bonchev–Trinajstić information content (AvgIpc) is 2.54. The lowest BCUT2D eigenvalue weighted by Crippen LogP contribution is -2.04. The SMILES string of the molecule is COc1ccc(/C=C(\C#N)S(=O)(=O)c2cc(Cl)ccc2Cl)cc1F. The molecule has 0 N–H and O–H groups in total. The van der Waals surface area contributed by atoms with Crippen LogP contribution in [0.25, 0.3) is 6.08 Å². The Bertz CT molecular complexity index is 966. The number of allylic oxidation sites excluding steroid dienone is 1. The summed E-state index contributed by atoms with van der Waals surface area (Å²) in [4.78, 5) is -0.880. The molecule has 0 bridgehead atoms. The molecule has 4 nitrogen and oxygen atoms in total. The second-order valence-corrected chi connectivity index (χ2v) is 7.32. The molecule has 2 rings (SSSR count). The summed E-state index contributed by atoms with van der Waals surface area (Å²) in [5.74, 6) is -0.673. The lowest BCUT2D eigenvalue weighted by atomic mass is 10.2. The van der Waals surface area contributed by atoms with Gasteiger partial charge in [0, 0.05) is 5.02 Å². The summed E-state index contributed by atoms with van der Waals surface area (Å²) in [7, 11) is -2.90. The van der Waals surface area contributed by atoms with Gasteiger partial charge in [0.05, 0.1) is 17.0 Å². The molecule has 0 amide bonds. The molecule has 0 unspecified atom stereocenters. The number of sulfone groups is 1. The predicted molar refractivity (Wildman–Crippen MR) is 90.2 cm³/mol. The molecule has 24 heavy (non-hydrogen) atoms. The smallest absolute Gasteiger partial charge is 0.218 e. The largest absolute Gasteiger partial charge is 0.494 e. The molecule has 0 spiro atoms. The predicted octanol–water partition coefficient (Wildman–Crippen LogP) is 4.48. The number of benzene rings is 2. The van der Waals surface area contributed by atoms with E-state index in [0.717, 1.165) is 18.2 Å². The van der Waals surface area contributed by atoms with Gasteiger partial charge in [-0.15, -0.1) is 0 Å². The molecule has 2 aromatic carbocycles. The minimum absolute atomic E-state index is 0.00593. The van der Waals surface area contributed by atoms with Crippen molar-refractivity contribution in [2.75, 3.05) is 7.11 Å². The lowest BCUT2D eigenvalue weighted by molar-refractivity contribution is 0.386. The summed E-state index contributed by atoms with van der Waals surface area (Å²) >= 11 is 11.7. The van der Waals surface area contributed by atoms with E-state index in [1.165, 1.54) is 31.4 Å².